The number of hydrogen-bond donors (Lipinski definition) is 1. The monoisotopic (exact) mass is 532 g/mol. The van der Waals surface area contributed by atoms with Crippen LogP contribution < -0.4 is 24.7 Å². The fourth-order valence-electron chi connectivity index (χ4n) is 4.32. The van der Waals surface area contributed by atoms with Gasteiger partial charge >= 0.3 is 0 Å². The molecular weight excluding hydrogens is 496 g/mol. The molecule has 1 N–H and O–H groups in total. The quantitative estimate of drug-likeness (QED) is 0.238. The first-order chi connectivity index (χ1) is 19.1. The Hall–Kier alpha value is -3.89. The molecule has 3 heterocycles. The van der Waals surface area contributed by atoms with Crippen molar-refractivity contribution in [3.8, 4) is 11.5 Å². The average molecular weight is 533 g/mol. The molecule has 1 aromatic heterocycles. The summed E-state index contributed by atoms with van der Waals surface area (Å²) in [6.45, 7) is 10.9. The standard InChI is InChI=1S/C29H36N6O4/c1-22-6-7-26(18-23(22)2)39-17-16-38-25-5-3-4-24(19-25)21-30-33-27-20-28(34-8-12-36-13-9-34)32-29(31-27)35-10-14-37-15-11-35/h3-7,18-21H,8-17H2,1-2H3,(H,31,32,33)/b30-21-. The largest absolute Gasteiger partial charge is 0.490 e. The zero-order chi connectivity index (χ0) is 26.9. The van der Waals surface area contributed by atoms with Gasteiger partial charge in [0.2, 0.25) is 5.95 Å². The van der Waals surface area contributed by atoms with E-state index in [9.17, 15) is 0 Å². The SMILES string of the molecule is Cc1ccc(OCCOc2cccc(/C=N\Nc3cc(N4CCOCC4)nc(N4CCOCC4)n3)c2)cc1C. The molecule has 206 valence electrons. The van der Waals surface area contributed by atoms with Crippen LogP contribution in [0.15, 0.2) is 53.6 Å². The van der Waals surface area contributed by atoms with Crippen LogP contribution in [0.1, 0.15) is 16.7 Å². The van der Waals surface area contributed by atoms with E-state index in [1.54, 1.807) is 6.21 Å². The minimum Gasteiger partial charge on any atom is -0.490 e. The lowest BCUT2D eigenvalue weighted by Crippen LogP contribution is -2.39. The fraction of sp³-hybridized carbons (Fsp3) is 0.414. The fourth-order valence-corrected chi connectivity index (χ4v) is 4.32. The molecule has 0 spiro atoms. The zero-order valence-corrected chi connectivity index (χ0v) is 22.6. The maximum Gasteiger partial charge on any atom is 0.229 e. The first-order valence-electron chi connectivity index (χ1n) is 13.4. The van der Waals surface area contributed by atoms with Crippen LogP contribution in [-0.2, 0) is 9.47 Å². The molecule has 0 amide bonds. The van der Waals surface area contributed by atoms with Gasteiger partial charge in [-0.15, -0.1) is 0 Å². The van der Waals surface area contributed by atoms with Gasteiger partial charge < -0.3 is 28.7 Å². The maximum absolute atomic E-state index is 5.89. The van der Waals surface area contributed by atoms with Crippen LogP contribution in [0.25, 0.3) is 0 Å². The molecule has 2 fully saturated rings. The van der Waals surface area contributed by atoms with E-state index in [4.69, 9.17) is 28.9 Å². The summed E-state index contributed by atoms with van der Waals surface area (Å²) in [6, 6.07) is 15.8. The van der Waals surface area contributed by atoms with Crippen molar-refractivity contribution in [2.24, 2.45) is 5.10 Å². The molecule has 5 rings (SSSR count). The number of aromatic nitrogens is 2. The molecule has 2 saturated heterocycles. The topological polar surface area (TPSA) is 93.6 Å². The third-order valence-electron chi connectivity index (χ3n) is 6.68. The summed E-state index contributed by atoms with van der Waals surface area (Å²) >= 11 is 0. The molecule has 0 aliphatic carbocycles. The number of aryl methyl sites for hydroxylation is 2. The number of ether oxygens (including phenoxy) is 4. The number of benzene rings is 2. The van der Waals surface area contributed by atoms with Gasteiger partial charge in [-0.05, 0) is 54.8 Å². The predicted molar refractivity (Wildman–Crippen MR) is 153 cm³/mol. The summed E-state index contributed by atoms with van der Waals surface area (Å²) in [5.41, 5.74) is 6.47. The smallest absolute Gasteiger partial charge is 0.229 e. The second-order valence-corrected chi connectivity index (χ2v) is 9.50. The molecule has 0 atom stereocenters. The van der Waals surface area contributed by atoms with Crippen molar-refractivity contribution < 1.29 is 18.9 Å². The van der Waals surface area contributed by atoms with Crippen molar-refractivity contribution >= 4 is 23.8 Å². The lowest BCUT2D eigenvalue weighted by molar-refractivity contribution is 0.121. The van der Waals surface area contributed by atoms with Crippen LogP contribution in [0.4, 0.5) is 17.6 Å². The molecule has 10 nitrogen and oxygen atoms in total. The molecule has 10 heteroatoms. The second-order valence-electron chi connectivity index (χ2n) is 9.50. The van der Waals surface area contributed by atoms with Gasteiger partial charge in [-0.2, -0.15) is 15.1 Å². The lowest BCUT2D eigenvalue weighted by Gasteiger charge is -2.31. The number of hydrazone groups is 1. The number of morpholine rings is 2. The molecule has 0 saturated carbocycles. The van der Waals surface area contributed by atoms with E-state index in [1.807, 2.05) is 42.5 Å². The van der Waals surface area contributed by atoms with E-state index in [0.29, 0.717) is 51.4 Å². The average Bonchev–Trinajstić information content (AvgIpc) is 2.98. The van der Waals surface area contributed by atoms with Gasteiger partial charge in [0.25, 0.3) is 0 Å². The number of hydrogen-bond acceptors (Lipinski definition) is 10. The van der Waals surface area contributed by atoms with E-state index in [1.165, 1.54) is 11.1 Å². The van der Waals surface area contributed by atoms with E-state index in [0.717, 1.165) is 49.1 Å². The third kappa shape index (κ3) is 7.58. The van der Waals surface area contributed by atoms with Crippen LogP contribution >= 0.6 is 0 Å². The highest BCUT2D eigenvalue weighted by molar-refractivity contribution is 5.80. The van der Waals surface area contributed by atoms with Crippen molar-refractivity contribution in [1.82, 2.24) is 9.97 Å². The Morgan fingerprint density at radius 3 is 2.23 bits per heavy atom. The van der Waals surface area contributed by atoms with E-state index in [-0.39, 0.29) is 0 Å². The first-order valence-corrected chi connectivity index (χ1v) is 13.4. The second kappa shape index (κ2) is 13.3. The van der Waals surface area contributed by atoms with Gasteiger partial charge in [0.1, 0.15) is 30.5 Å². The van der Waals surface area contributed by atoms with Crippen molar-refractivity contribution in [3.05, 3.63) is 65.2 Å². The molecular formula is C29H36N6O4. The normalized spacial score (nSPS) is 15.9. The van der Waals surface area contributed by atoms with Crippen LogP contribution in [0.2, 0.25) is 0 Å². The summed E-state index contributed by atoms with van der Waals surface area (Å²) in [4.78, 5) is 13.9. The minimum atomic E-state index is 0.446. The molecule has 0 bridgehead atoms. The van der Waals surface area contributed by atoms with Gasteiger partial charge in [-0.25, -0.2) is 0 Å². The van der Waals surface area contributed by atoms with Crippen LogP contribution in [0.3, 0.4) is 0 Å². The molecule has 39 heavy (non-hydrogen) atoms. The maximum atomic E-state index is 5.89. The van der Waals surface area contributed by atoms with Crippen LogP contribution in [-0.4, -0.2) is 82.0 Å². The van der Waals surface area contributed by atoms with Crippen molar-refractivity contribution in [1.29, 1.82) is 0 Å². The number of nitrogens with zero attached hydrogens (tertiary/aromatic N) is 5. The number of anilines is 3. The summed E-state index contributed by atoms with van der Waals surface area (Å²) in [5.74, 6) is 3.80. The number of rotatable bonds is 10. The Kier molecular flexibility index (Phi) is 9.08. The third-order valence-corrected chi connectivity index (χ3v) is 6.68. The zero-order valence-electron chi connectivity index (χ0n) is 22.6. The van der Waals surface area contributed by atoms with Gasteiger partial charge in [0.15, 0.2) is 5.82 Å². The van der Waals surface area contributed by atoms with Crippen molar-refractivity contribution in [2.75, 3.05) is 81.0 Å². The Morgan fingerprint density at radius 2 is 1.51 bits per heavy atom. The molecule has 0 unspecified atom stereocenters. The Labute approximate surface area is 229 Å². The van der Waals surface area contributed by atoms with Gasteiger partial charge in [-0.1, -0.05) is 18.2 Å². The minimum absolute atomic E-state index is 0.446. The highest BCUT2D eigenvalue weighted by atomic mass is 16.5. The number of nitrogens with one attached hydrogen (secondary N) is 1. The van der Waals surface area contributed by atoms with Gasteiger partial charge in [-0.3, -0.25) is 5.43 Å². The van der Waals surface area contributed by atoms with E-state index in [2.05, 4.69) is 40.2 Å². The van der Waals surface area contributed by atoms with Gasteiger partial charge in [0.05, 0.1) is 32.6 Å². The van der Waals surface area contributed by atoms with Crippen LogP contribution in [0, 0.1) is 13.8 Å². The molecule has 2 aliphatic heterocycles. The van der Waals surface area contributed by atoms with Crippen LogP contribution in [0.5, 0.6) is 11.5 Å². The highest BCUT2D eigenvalue weighted by Gasteiger charge is 2.19. The van der Waals surface area contributed by atoms with E-state index < -0.39 is 0 Å². The molecule has 3 aromatic rings. The molecule has 2 aliphatic rings. The van der Waals surface area contributed by atoms with E-state index >= 15 is 0 Å². The van der Waals surface area contributed by atoms with Crippen molar-refractivity contribution in [3.63, 3.8) is 0 Å². The van der Waals surface area contributed by atoms with Gasteiger partial charge in [0, 0.05) is 32.2 Å². The summed E-state index contributed by atoms with van der Waals surface area (Å²) in [5, 5.41) is 4.44. The summed E-state index contributed by atoms with van der Waals surface area (Å²) in [7, 11) is 0. The highest BCUT2D eigenvalue weighted by Crippen LogP contribution is 2.22. The molecule has 0 radical (unpaired) electrons. The summed E-state index contributed by atoms with van der Waals surface area (Å²) in [6.07, 6.45) is 1.75. The lowest BCUT2D eigenvalue weighted by atomic mass is 10.1. The summed E-state index contributed by atoms with van der Waals surface area (Å²) < 4.78 is 22.7. The van der Waals surface area contributed by atoms with Crippen molar-refractivity contribution in [2.45, 2.75) is 13.8 Å². The predicted octanol–water partition coefficient (Wildman–Crippen LogP) is 3.67. The Morgan fingerprint density at radius 1 is 0.821 bits per heavy atom. The molecule has 2 aromatic carbocycles. The Bertz CT molecular complexity index is 1220. The first kappa shape index (κ1) is 26.7. The Balaban J connectivity index is 1.19.